The Kier molecular flexibility index (Phi) is 5.73. The molecule has 1 aliphatic rings. The van der Waals surface area contributed by atoms with Crippen molar-refractivity contribution in [3.8, 4) is 0 Å². The Morgan fingerprint density at radius 2 is 1.82 bits per heavy atom. The van der Waals surface area contributed by atoms with Crippen molar-refractivity contribution in [2.45, 2.75) is 44.8 Å². The predicted octanol–water partition coefficient (Wildman–Crippen LogP) is 2.98. The van der Waals surface area contributed by atoms with E-state index in [1.54, 1.807) is 0 Å². The average Bonchev–Trinajstić information content (AvgIpc) is 2.29. The maximum Gasteiger partial charge on any atom is 0.391 e. The summed E-state index contributed by atoms with van der Waals surface area (Å²) in [5.41, 5.74) is 0. The van der Waals surface area contributed by atoms with Gasteiger partial charge in [0.1, 0.15) is 0 Å². The molecule has 102 valence electrons. The van der Waals surface area contributed by atoms with Gasteiger partial charge in [0.05, 0.1) is 12.5 Å². The molecule has 0 aromatic rings. The third-order valence-electron chi connectivity index (χ3n) is 3.68. The largest absolute Gasteiger partial charge is 0.391 e. The van der Waals surface area contributed by atoms with Gasteiger partial charge in [-0.1, -0.05) is 0 Å². The SMILES string of the molecule is CCOCC(NC)C1CCC(C(F)(F)F)CC1. The van der Waals surface area contributed by atoms with E-state index >= 15 is 0 Å². The van der Waals surface area contributed by atoms with Gasteiger partial charge in [0.25, 0.3) is 0 Å². The van der Waals surface area contributed by atoms with E-state index in [0.29, 0.717) is 32.0 Å². The minimum atomic E-state index is -4.01. The summed E-state index contributed by atoms with van der Waals surface area (Å²) in [6, 6.07) is 0.184. The second-order valence-electron chi connectivity index (χ2n) is 4.71. The smallest absolute Gasteiger partial charge is 0.380 e. The van der Waals surface area contributed by atoms with Crippen LogP contribution in [0.15, 0.2) is 0 Å². The molecule has 0 aromatic heterocycles. The van der Waals surface area contributed by atoms with Crippen LogP contribution in [-0.4, -0.2) is 32.5 Å². The van der Waals surface area contributed by atoms with Crippen LogP contribution in [0.1, 0.15) is 32.6 Å². The molecule has 1 saturated carbocycles. The van der Waals surface area contributed by atoms with E-state index in [9.17, 15) is 13.2 Å². The lowest BCUT2D eigenvalue weighted by Crippen LogP contribution is -2.41. The van der Waals surface area contributed by atoms with Gasteiger partial charge in [-0.3, -0.25) is 0 Å². The summed E-state index contributed by atoms with van der Waals surface area (Å²) in [6.45, 7) is 3.16. The summed E-state index contributed by atoms with van der Waals surface area (Å²) in [5.74, 6) is -0.784. The lowest BCUT2D eigenvalue weighted by molar-refractivity contribution is -0.184. The Morgan fingerprint density at radius 3 is 2.24 bits per heavy atom. The zero-order valence-corrected chi connectivity index (χ0v) is 10.5. The van der Waals surface area contributed by atoms with Crippen molar-refractivity contribution in [2.24, 2.45) is 11.8 Å². The fraction of sp³-hybridized carbons (Fsp3) is 1.00. The summed E-state index contributed by atoms with van der Waals surface area (Å²) < 4.78 is 42.9. The normalized spacial score (nSPS) is 28.1. The summed E-state index contributed by atoms with van der Waals surface area (Å²) in [6.07, 6.45) is -2.21. The number of alkyl halides is 3. The first-order chi connectivity index (χ1) is 7.99. The van der Waals surface area contributed by atoms with Gasteiger partial charge in [-0.15, -0.1) is 0 Å². The quantitative estimate of drug-likeness (QED) is 0.813. The summed E-state index contributed by atoms with van der Waals surface area (Å²) in [4.78, 5) is 0. The molecule has 1 atom stereocenters. The van der Waals surface area contributed by atoms with Crippen LogP contribution in [0.25, 0.3) is 0 Å². The van der Waals surface area contributed by atoms with Crippen LogP contribution in [0.3, 0.4) is 0 Å². The van der Waals surface area contributed by atoms with E-state index in [4.69, 9.17) is 4.74 Å². The molecule has 1 rings (SSSR count). The van der Waals surface area contributed by atoms with Crippen molar-refractivity contribution in [1.82, 2.24) is 5.32 Å². The van der Waals surface area contributed by atoms with Crippen molar-refractivity contribution in [1.29, 1.82) is 0 Å². The van der Waals surface area contributed by atoms with Crippen LogP contribution < -0.4 is 5.32 Å². The molecule has 0 aliphatic heterocycles. The first kappa shape index (κ1) is 14.8. The highest BCUT2D eigenvalue weighted by Crippen LogP contribution is 2.40. The second kappa shape index (κ2) is 6.59. The van der Waals surface area contributed by atoms with Gasteiger partial charge >= 0.3 is 6.18 Å². The van der Waals surface area contributed by atoms with Crippen LogP contribution >= 0.6 is 0 Å². The third-order valence-corrected chi connectivity index (χ3v) is 3.68. The molecule has 17 heavy (non-hydrogen) atoms. The molecular formula is C12H22F3NO. The Balaban J connectivity index is 2.39. The van der Waals surface area contributed by atoms with Gasteiger partial charge in [-0.2, -0.15) is 13.2 Å². The summed E-state index contributed by atoms with van der Waals surface area (Å²) >= 11 is 0. The molecule has 0 saturated heterocycles. The first-order valence-corrected chi connectivity index (χ1v) is 6.30. The highest BCUT2D eigenvalue weighted by molar-refractivity contribution is 4.83. The van der Waals surface area contributed by atoms with Crippen molar-refractivity contribution in [3.63, 3.8) is 0 Å². The average molecular weight is 253 g/mol. The maximum atomic E-state index is 12.5. The van der Waals surface area contributed by atoms with Gasteiger partial charge in [-0.05, 0) is 45.6 Å². The summed E-state index contributed by atoms with van der Waals surface area (Å²) in [5, 5.41) is 3.15. The molecule has 0 bridgehead atoms. The molecule has 5 heteroatoms. The molecule has 1 fully saturated rings. The number of halogens is 3. The van der Waals surface area contributed by atoms with Crippen molar-refractivity contribution in [3.05, 3.63) is 0 Å². The monoisotopic (exact) mass is 253 g/mol. The second-order valence-corrected chi connectivity index (χ2v) is 4.71. The number of ether oxygens (including phenoxy) is 1. The fourth-order valence-electron chi connectivity index (χ4n) is 2.55. The standard InChI is InChI=1S/C12H22F3NO/c1-3-17-8-11(16-2)9-4-6-10(7-5-9)12(13,14)15/h9-11,16H,3-8H2,1-2H3. The van der Waals surface area contributed by atoms with E-state index in [0.717, 1.165) is 0 Å². The zero-order valence-electron chi connectivity index (χ0n) is 10.5. The molecule has 1 unspecified atom stereocenters. The van der Waals surface area contributed by atoms with E-state index in [1.165, 1.54) is 0 Å². The first-order valence-electron chi connectivity index (χ1n) is 6.30. The molecular weight excluding hydrogens is 231 g/mol. The number of hydrogen-bond acceptors (Lipinski definition) is 2. The minimum absolute atomic E-state index is 0.184. The Labute approximate surface area is 101 Å². The minimum Gasteiger partial charge on any atom is -0.380 e. The molecule has 0 aromatic carbocycles. The summed E-state index contributed by atoms with van der Waals surface area (Å²) in [7, 11) is 1.85. The predicted molar refractivity (Wildman–Crippen MR) is 60.8 cm³/mol. The Hall–Kier alpha value is -0.290. The van der Waals surface area contributed by atoms with Gasteiger partial charge in [0.2, 0.25) is 0 Å². The van der Waals surface area contributed by atoms with Gasteiger partial charge < -0.3 is 10.1 Å². The molecule has 0 radical (unpaired) electrons. The van der Waals surface area contributed by atoms with E-state index in [1.807, 2.05) is 14.0 Å². The van der Waals surface area contributed by atoms with Crippen LogP contribution in [0.4, 0.5) is 13.2 Å². The molecule has 1 aliphatic carbocycles. The highest BCUT2D eigenvalue weighted by atomic mass is 19.4. The van der Waals surface area contributed by atoms with Crippen molar-refractivity contribution >= 4 is 0 Å². The van der Waals surface area contributed by atoms with E-state index < -0.39 is 12.1 Å². The number of likely N-dealkylation sites (N-methyl/N-ethyl adjacent to an activating group) is 1. The molecule has 2 nitrogen and oxygen atoms in total. The van der Waals surface area contributed by atoms with Crippen molar-refractivity contribution < 1.29 is 17.9 Å². The van der Waals surface area contributed by atoms with Crippen LogP contribution in [0.5, 0.6) is 0 Å². The molecule has 1 N–H and O–H groups in total. The van der Waals surface area contributed by atoms with Crippen LogP contribution in [-0.2, 0) is 4.74 Å². The third kappa shape index (κ3) is 4.47. The number of rotatable bonds is 5. The van der Waals surface area contributed by atoms with E-state index in [-0.39, 0.29) is 18.9 Å². The van der Waals surface area contributed by atoms with Crippen molar-refractivity contribution in [2.75, 3.05) is 20.3 Å². The zero-order chi connectivity index (χ0) is 12.9. The van der Waals surface area contributed by atoms with Crippen LogP contribution in [0, 0.1) is 11.8 Å². The lowest BCUT2D eigenvalue weighted by Gasteiger charge is -2.34. The molecule has 0 heterocycles. The van der Waals surface area contributed by atoms with Crippen LogP contribution in [0.2, 0.25) is 0 Å². The topological polar surface area (TPSA) is 21.3 Å². The number of nitrogens with one attached hydrogen (secondary N) is 1. The Morgan fingerprint density at radius 1 is 1.24 bits per heavy atom. The molecule has 0 spiro atoms. The highest BCUT2D eigenvalue weighted by Gasteiger charge is 2.42. The lowest BCUT2D eigenvalue weighted by atomic mass is 9.78. The number of hydrogen-bond donors (Lipinski definition) is 1. The van der Waals surface area contributed by atoms with E-state index in [2.05, 4.69) is 5.32 Å². The van der Waals surface area contributed by atoms with Gasteiger partial charge in [-0.25, -0.2) is 0 Å². The molecule has 0 amide bonds. The van der Waals surface area contributed by atoms with Gasteiger partial charge in [0.15, 0.2) is 0 Å². The maximum absolute atomic E-state index is 12.5. The van der Waals surface area contributed by atoms with Gasteiger partial charge in [0, 0.05) is 12.6 Å². The Bertz CT molecular complexity index is 212. The fourth-order valence-corrected chi connectivity index (χ4v) is 2.55.